The number of nitrogens with zero attached hydrogens (tertiary/aromatic N) is 1. The molecule has 1 aromatic heterocycles. The molecule has 2 rings (SSSR count). The second-order valence-corrected chi connectivity index (χ2v) is 3.49. The molecule has 14 heavy (non-hydrogen) atoms. The van der Waals surface area contributed by atoms with Crippen LogP contribution in [0.15, 0.2) is 0 Å². The number of aryl methyl sites for hydroxylation is 1. The third kappa shape index (κ3) is 1.34. The van der Waals surface area contributed by atoms with Crippen molar-refractivity contribution in [1.29, 1.82) is 0 Å². The maximum absolute atomic E-state index is 12.6. The Labute approximate surface area is 78.5 Å². The second kappa shape index (κ2) is 2.90. The number of aromatic nitrogens is 2. The van der Waals surface area contributed by atoms with Gasteiger partial charge in [0.05, 0.1) is 5.92 Å². The van der Waals surface area contributed by atoms with Gasteiger partial charge in [0.1, 0.15) is 5.82 Å². The summed E-state index contributed by atoms with van der Waals surface area (Å²) in [5.74, 6) is -1.45. The third-order valence-corrected chi connectivity index (χ3v) is 2.58. The number of hydrogen-bond acceptors (Lipinski definition) is 2. The van der Waals surface area contributed by atoms with Gasteiger partial charge in [-0.1, -0.05) is 0 Å². The first-order valence-electron chi connectivity index (χ1n) is 4.39. The minimum absolute atomic E-state index is 0.0120. The van der Waals surface area contributed by atoms with Crippen molar-refractivity contribution in [3.8, 4) is 0 Å². The lowest BCUT2D eigenvalue weighted by atomic mass is 9.86. The number of fused-ring (bicyclic) bond motifs is 1. The smallest absolute Gasteiger partial charge is 0.382 e. The first kappa shape index (κ1) is 9.36. The van der Waals surface area contributed by atoms with Crippen LogP contribution in [0.1, 0.15) is 30.0 Å². The topological polar surface area (TPSA) is 54.7 Å². The molecule has 0 saturated heterocycles. The largest absolute Gasteiger partial charge is 0.395 e. The van der Waals surface area contributed by atoms with Gasteiger partial charge in [0.15, 0.2) is 0 Å². The van der Waals surface area contributed by atoms with Crippen LogP contribution in [0.3, 0.4) is 0 Å². The number of alkyl halides is 3. The molecule has 1 unspecified atom stereocenters. The van der Waals surface area contributed by atoms with Gasteiger partial charge in [0, 0.05) is 11.3 Å². The van der Waals surface area contributed by atoms with Gasteiger partial charge < -0.3 is 5.73 Å². The van der Waals surface area contributed by atoms with Crippen LogP contribution in [0.4, 0.5) is 19.0 Å². The van der Waals surface area contributed by atoms with Gasteiger partial charge in [-0.15, -0.1) is 0 Å². The molecule has 1 atom stereocenters. The number of nitrogens with two attached hydrogens (primary N) is 1. The Balaban J connectivity index is 2.44. The summed E-state index contributed by atoms with van der Waals surface area (Å²) in [4.78, 5) is 0. The first-order chi connectivity index (χ1) is 6.50. The first-order valence-corrected chi connectivity index (χ1v) is 4.39. The number of anilines is 1. The van der Waals surface area contributed by atoms with Gasteiger partial charge in [-0.3, -0.25) is 5.10 Å². The molecule has 3 N–H and O–H groups in total. The molecule has 1 aliphatic rings. The van der Waals surface area contributed by atoms with Crippen LogP contribution in [0, 0.1) is 0 Å². The number of halogens is 3. The van der Waals surface area contributed by atoms with Crippen LogP contribution >= 0.6 is 0 Å². The molecule has 1 aliphatic carbocycles. The van der Waals surface area contributed by atoms with Crippen LogP contribution in [0.5, 0.6) is 0 Å². The molecule has 1 heterocycles. The van der Waals surface area contributed by atoms with Crippen LogP contribution < -0.4 is 5.73 Å². The molecule has 78 valence electrons. The molecule has 0 bridgehead atoms. The van der Waals surface area contributed by atoms with E-state index in [2.05, 4.69) is 10.2 Å². The Morgan fingerprint density at radius 3 is 2.79 bits per heavy atom. The summed E-state index contributed by atoms with van der Waals surface area (Å²) in [6.07, 6.45) is -2.97. The molecular weight excluding hydrogens is 195 g/mol. The van der Waals surface area contributed by atoms with Gasteiger partial charge in [-0.05, 0) is 19.3 Å². The van der Waals surface area contributed by atoms with Crippen LogP contribution in [-0.4, -0.2) is 16.4 Å². The lowest BCUT2D eigenvalue weighted by Gasteiger charge is -2.24. The number of H-pyrrole nitrogens is 1. The fourth-order valence-corrected chi connectivity index (χ4v) is 1.94. The summed E-state index contributed by atoms with van der Waals surface area (Å²) < 4.78 is 37.7. The molecule has 0 aromatic carbocycles. The van der Waals surface area contributed by atoms with E-state index in [1.54, 1.807) is 0 Å². The zero-order chi connectivity index (χ0) is 10.3. The zero-order valence-electron chi connectivity index (χ0n) is 7.36. The molecular formula is C8H10F3N3. The van der Waals surface area contributed by atoms with Crippen molar-refractivity contribution in [2.45, 2.75) is 31.4 Å². The van der Waals surface area contributed by atoms with Crippen molar-refractivity contribution in [2.75, 3.05) is 5.73 Å². The summed E-state index contributed by atoms with van der Waals surface area (Å²) in [6, 6.07) is 0. The van der Waals surface area contributed by atoms with Gasteiger partial charge in [-0.25, -0.2) is 0 Å². The summed E-state index contributed by atoms with van der Waals surface area (Å²) in [6.45, 7) is 0. The van der Waals surface area contributed by atoms with Crippen molar-refractivity contribution in [3.63, 3.8) is 0 Å². The fraction of sp³-hybridized carbons (Fsp3) is 0.625. The highest BCUT2D eigenvalue weighted by molar-refractivity contribution is 5.46. The van der Waals surface area contributed by atoms with Crippen LogP contribution in [0.25, 0.3) is 0 Å². The SMILES string of the molecule is Nc1n[nH]c2c1C(C(F)(F)F)CCC2. The lowest BCUT2D eigenvalue weighted by Crippen LogP contribution is -2.25. The van der Waals surface area contributed by atoms with Crippen LogP contribution in [0.2, 0.25) is 0 Å². The molecule has 0 radical (unpaired) electrons. The average molecular weight is 205 g/mol. The number of rotatable bonds is 0. The van der Waals surface area contributed by atoms with E-state index in [9.17, 15) is 13.2 Å². The Hall–Kier alpha value is -1.20. The number of nitrogens with one attached hydrogen (secondary N) is 1. The normalized spacial score (nSPS) is 22.1. The highest BCUT2D eigenvalue weighted by atomic mass is 19.4. The number of aromatic amines is 1. The van der Waals surface area contributed by atoms with Gasteiger partial charge in [-0.2, -0.15) is 18.3 Å². The Morgan fingerprint density at radius 2 is 2.14 bits per heavy atom. The minimum atomic E-state index is -4.22. The van der Waals surface area contributed by atoms with E-state index in [1.807, 2.05) is 0 Å². The Kier molecular flexibility index (Phi) is 1.94. The zero-order valence-corrected chi connectivity index (χ0v) is 7.36. The quantitative estimate of drug-likeness (QED) is 0.680. The van der Waals surface area contributed by atoms with E-state index < -0.39 is 12.1 Å². The molecule has 6 heteroatoms. The van der Waals surface area contributed by atoms with E-state index in [-0.39, 0.29) is 17.8 Å². The minimum Gasteiger partial charge on any atom is -0.382 e. The number of nitrogen functional groups attached to an aromatic ring is 1. The maximum Gasteiger partial charge on any atom is 0.395 e. The van der Waals surface area contributed by atoms with Gasteiger partial charge in [0.2, 0.25) is 0 Å². The van der Waals surface area contributed by atoms with E-state index in [0.717, 1.165) is 0 Å². The van der Waals surface area contributed by atoms with Crippen molar-refractivity contribution in [3.05, 3.63) is 11.3 Å². The van der Waals surface area contributed by atoms with E-state index in [4.69, 9.17) is 5.73 Å². The third-order valence-electron chi connectivity index (χ3n) is 2.58. The standard InChI is InChI=1S/C8H10F3N3/c9-8(10,11)4-2-1-3-5-6(4)7(12)14-13-5/h4H,1-3H2,(H3,12,13,14). The monoisotopic (exact) mass is 205 g/mol. The fourth-order valence-electron chi connectivity index (χ4n) is 1.94. The predicted molar refractivity (Wildman–Crippen MR) is 44.7 cm³/mol. The molecule has 0 aliphatic heterocycles. The highest BCUT2D eigenvalue weighted by Gasteiger charge is 2.44. The van der Waals surface area contributed by atoms with Gasteiger partial charge in [0.25, 0.3) is 0 Å². The highest BCUT2D eigenvalue weighted by Crippen LogP contribution is 2.44. The molecule has 0 saturated carbocycles. The van der Waals surface area contributed by atoms with Crippen LogP contribution in [-0.2, 0) is 6.42 Å². The van der Waals surface area contributed by atoms with E-state index >= 15 is 0 Å². The second-order valence-electron chi connectivity index (χ2n) is 3.49. The molecule has 1 aromatic rings. The maximum atomic E-state index is 12.6. The average Bonchev–Trinajstić information content (AvgIpc) is 2.46. The van der Waals surface area contributed by atoms with E-state index in [1.165, 1.54) is 0 Å². The predicted octanol–water partition coefficient (Wildman–Crippen LogP) is 1.97. The molecule has 3 nitrogen and oxygen atoms in total. The molecule has 0 amide bonds. The Morgan fingerprint density at radius 1 is 1.43 bits per heavy atom. The van der Waals surface area contributed by atoms with Crippen molar-refractivity contribution in [1.82, 2.24) is 10.2 Å². The summed E-state index contributed by atoms with van der Waals surface area (Å²) in [7, 11) is 0. The Bertz CT molecular complexity index is 342. The van der Waals surface area contributed by atoms with Crippen molar-refractivity contribution < 1.29 is 13.2 Å². The van der Waals surface area contributed by atoms with Crippen molar-refractivity contribution in [2.24, 2.45) is 0 Å². The molecule has 0 spiro atoms. The summed E-state index contributed by atoms with van der Waals surface area (Å²) in [5, 5.41) is 6.17. The van der Waals surface area contributed by atoms with Gasteiger partial charge >= 0.3 is 6.18 Å². The van der Waals surface area contributed by atoms with Crippen molar-refractivity contribution >= 4 is 5.82 Å². The van der Waals surface area contributed by atoms with E-state index in [0.29, 0.717) is 18.5 Å². The lowest BCUT2D eigenvalue weighted by molar-refractivity contribution is -0.153. The summed E-state index contributed by atoms with van der Waals surface area (Å²) >= 11 is 0. The molecule has 0 fully saturated rings. The summed E-state index contributed by atoms with van der Waals surface area (Å²) in [5.41, 5.74) is 6.10. The number of hydrogen-bond donors (Lipinski definition) is 2.